The third-order valence-corrected chi connectivity index (χ3v) is 18.0. The van der Waals surface area contributed by atoms with Gasteiger partial charge in [-0.3, -0.25) is 0 Å². The van der Waals surface area contributed by atoms with Crippen LogP contribution in [0, 0.1) is 105 Å². The van der Waals surface area contributed by atoms with E-state index in [1.165, 1.54) is 148 Å². The summed E-state index contributed by atoms with van der Waals surface area (Å²) in [6.07, 6.45) is 57.1. The Morgan fingerprint density at radius 2 is 0.452 bits per heavy atom. The number of rotatable bonds is 0. The SMILES string of the molecule is C1=CCCC=C1.C1=CCCCC1.C1CCCCC1.CC(C)(C)C.CC(C)(C)C.CC(C)(C)C.CC(C)(C)C.CC(C)(C)C.CC(C)(C)C.CC(C)(C)C1=CC=C(C(C)(C)C)CC1.CC(C)(C)C1=CCC(C(C)(C)C)CC1.CC(C)(C)C1C=CC(C(C)(C)C)CC1.CC(C)(C)C1CCC(C(C)(C)C)CC1. The van der Waals surface area contributed by atoms with Crippen LogP contribution in [0.2, 0.25) is 0 Å². The molecular weight excluding hydrogens is 1250 g/mol. The Bertz CT molecular complexity index is 2030. The fourth-order valence-corrected chi connectivity index (χ4v) is 11.6. The topological polar surface area (TPSA) is 0 Å². The lowest BCUT2D eigenvalue weighted by molar-refractivity contribution is 0.0970. The first kappa shape index (κ1) is 113. The number of hydrogen-bond acceptors (Lipinski definition) is 0. The smallest absolute Gasteiger partial charge is 0.0170 e. The van der Waals surface area contributed by atoms with Crippen molar-refractivity contribution < 1.29 is 0 Å². The molecular formula is C104H206. The second-order valence-electron chi connectivity index (χ2n) is 50.7. The van der Waals surface area contributed by atoms with E-state index in [-0.39, 0.29) is 0 Å². The molecule has 0 aromatic rings. The summed E-state index contributed by atoms with van der Waals surface area (Å²) in [7, 11) is 0. The van der Waals surface area contributed by atoms with Gasteiger partial charge in [0.05, 0.1) is 0 Å². The van der Waals surface area contributed by atoms with Crippen LogP contribution in [0.15, 0.2) is 83.6 Å². The molecule has 0 aromatic heterocycles. The molecule has 0 N–H and O–H groups in total. The molecule has 3 atom stereocenters. The molecule has 7 rings (SSSR count). The highest BCUT2D eigenvalue weighted by Gasteiger charge is 2.35. The van der Waals surface area contributed by atoms with Crippen molar-refractivity contribution in [2.75, 3.05) is 0 Å². The Morgan fingerprint density at radius 1 is 0.221 bits per heavy atom. The van der Waals surface area contributed by atoms with Crippen LogP contribution >= 0.6 is 0 Å². The van der Waals surface area contributed by atoms with Crippen molar-refractivity contribution in [1.29, 1.82) is 0 Å². The van der Waals surface area contributed by atoms with Crippen LogP contribution in [0.1, 0.15) is 480 Å². The Morgan fingerprint density at radius 3 is 0.577 bits per heavy atom. The maximum absolute atomic E-state index is 2.50. The van der Waals surface area contributed by atoms with Gasteiger partial charge in [0.15, 0.2) is 0 Å². The van der Waals surface area contributed by atoms with Gasteiger partial charge in [-0.1, -0.05) is 454 Å². The average molecular weight is 1460 g/mol. The summed E-state index contributed by atoms with van der Waals surface area (Å²) in [5.74, 6) is 4.36. The minimum absolute atomic E-state index is 0.347. The van der Waals surface area contributed by atoms with Gasteiger partial charge in [0.2, 0.25) is 0 Å². The summed E-state index contributed by atoms with van der Waals surface area (Å²) in [6.45, 7) is 109. The first-order valence-electron chi connectivity index (χ1n) is 43.6. The molecule has 2 saturated carbocycles. The van der Waals surface area contributed by atoms with Gasteiger partial charge in [-0.2, -0.15) is 0 Å². The largest absolute Gasteiger partial charge is 0.0885 e. The predicted molar refractivity (Wildman–Crippen MR) is 491 cm³/mol. The zero-order valence-electron chi connectivity index (χ0n) is 82.0. The molecule has 2 fully saturated rings. The molecule has 104 heavy (non-hydrogen) atoms. The molecule has 3 unspecified atom stereocenters. The molecule has 0 aromatic carbocycles. The molecule has 0 saturated heterocycles. The second kappa shape index (κ2) is 51.7. The zero-order valence-corrected chi connectivity index (χ0v) is 82.0. The van der Waals surface area contributed by atoms with Gasteiger partial charge in [-0.05, 0) is 215 Å². The van der Waals surface area contributed by atoms with E-state index < -0.39 is 0 Å². The maximum atomic E-state index is 2.50. The fourth-order valence-electron chi connectivity index (χ4n) is 11.6. The first-order valence-corrected chi connectivity index (χ1v) is 43.6. The van der Waals surface area contributed by atoms with Crippen molar-refractivity contribution in [1.82, 2.24) is 0 Å². The van der Waals surface area contributed by atoms with E-state index in [0.717, 1.165) is 29.6 Å². The summed E-state index contributed by atoms with van der Waals surface area (Å²) in [4.78, 5) is 0. The molecule has 0 amide bonds. The standard InChI is InChI=1S/C14H28.2C14H26.C14H24.C6H12.C6H10.C6H8.6C5H12/c4*1-13(2,3)11-7-9-12(10-8-11)14(4,5)6;3*1-2-4-6-5-3-1;6*1-5(2,3)4/h11-12H,7-10H2,1-6H3;7,12H,8-10H2,1-6H3;7,9,11-12H,8,10H2,1-6H3;7,9H,8,10H2,1-6H3;1-6H2;1-2H,3-6H2;1-4H,5-6H2;6*1-4H3. The summed E-state index contributed by atoms with van der Waals surface area (Å²) in [6, 6.07) is 0. The fraction of sp³-hybridized carbons (Fsp3) is 0.865. The summed E-state index contributed by atoms with van der Waals surface area (Å²) >= 11 is 0. The lowest BCUT2D eigenvalue weighted by Gasteiger charge is -2.41. The van der Waals surface area contributed by atoms with Crippen LogP contribution in [0.5, 0.6) is 0 Å². The number of allylic oxidation sites excluding steroid dienone is 14. The molecule has 7 aliphatic carbocycles. The van der Waals surface area contributed by atoms with Crippen molar-refractivity contribution in [2.45, 2.75) is 480 Å². The molecule has 7 aliphatic rings. The van der Waals surface area contributed by atoms with E-state index in [2.05, 4.69) is 399 Å². The van der Waals surface area contributed by atoms with Crippen LogP contribution in [0.3, 0.4) is 0 Å². The molecule has 0 heteroatoms. The lowest BCUT2D eigenvalue weighted by atomic mass is 9.64. The molecule has 0 spiro atoms. The van der Waals surface area contributed by atoms with Gasteiger partial charge in [-0.15, -0.1) is 0 Å². The van der Waals surface area contributed by atoms with E-state index in [1.807, 2.05) is 0 Å². The van der Waals surface area contributed by atoms with Crippen molar-refractivity contribution in [3.05, 3.63) is 83.6 Å². The molecule has 0 nitrogen and oxygen atoms in total. The normalized spacial score (nSPS) is 21.1. The first-order chi connectivity index (χ1) is 45.8. The minimum Gasteiger partial charge on any atom is -0.0885 e. The second-order valence-corrected chi connectivity index (χ2v) is 50.7. The van der Waals surface area contributed by atoms with Crippen molar-refractivity contribution in [2.24, 2.45) is 105 Å². The third-order valence-electron chi connectivity index (χ3n) is 18.0. The van der Waals surface area contributed by atoms with Gasteiger partial charge in [0, 0.05) is 0 Å². The van der Waals surface area contributed by atoms with Crippen LogP contribution in [-0.4, -0.2) is 0 Å². The molecule has 622 valence electrons. The maximum Gasteiger partial charge on any atom is -0.0170 e. The molecule has 0 bridgehead atoms. The Labute approximate surface area is 665 Å². The molecule has 0 heterocycles. The van der Waals surface area contributed by atoms with Crippen molar-refractivity contribution in [3.63, 3.8) is 0 Å². The zero-order chi connectivity index (χ0) is 83.7. The van der Waals surface area contributed by atoms with Crippen LogP contribution in [0.4, 0.5) is 0 Å². The van der Waals surface area contributed by atoms with E-state index in [0.29, 0.717) is 75.8 Å². The van der Waals surface area contributed by atoms with E-state index in [9.17, 15) is 0 Å². The molecule has 0 radical (unpaired) electrons. The summed E-state index contributed by atoms with van der Waals surface area (Å²) in [5.41, 5.74) is 11.4. The van der Waals surface area contributed by atoms with Gasteiger partial charge < -0.3 is 0 Å². The Balaban J connectivity index is -0.000000257. The highest BCUT2D eigenvalue weighted by Crippen LogP contribution is 2.46. The quantitative estimate of drug-likeness (QED) is 0.212. The highest BCUT2D eigenvalue weighted by molar-refractivity contribution is 5.29. The highest BCUT2D eigenvalue weighted by atomic mass is 14.4. The van der Waals surface area contributed by atoms with Gasteiger partial charge >= 0.3 is 0 Å². The Kier molecular flexibility index (Phi) is 56.2. The van der Waals surface area contributed by atoms with E-state index in [4.69, 9.17) is 0 Å². The van der Waals surface area contributed by atoms with Crippen molar-refractivity contribution >= 4 is 0 Å². The molecule has 0 aliphatic heterocycles. The van der Waals surface area contributed by atoms with Crippen molar-refractivity contribution in [3.8, 4) is 0 Å². The minimum atomic E-state index is 0.347. The van der Waals surface area contributed by atoms with E-state index in [1.54, 1.807) is 16.7 Å². The predicted octanol–water partition coefficient (Wildman–Crippen LogP) is 37.7. The van der Waals surface area contributed by atoms with Crippen LogP contribution in [-0.2, 0) is 0 Å². The summed E-state index contributed by atoms with van der Waals surface area (Å²) < 4.78 is 0. The van der Waals surface area contributed by atoms with E-state index >= 15 is 0 Å². The Hall–Kier alpha value is -1.82. The van der Waals surface area contributed by atoms with Crippen LogP contribution < -0.4 is 0 Å². The van der Waals surface area contributed by atoms with Gasteiger partial charge in [0.1, 0.15) is 0 Å². The van der Waals surface area contributed by atoms with Gasteiger partial charge in [0.25, 0.3) is 0 Å². The van der Waals surface area contributed by atoms with Crippen LogP contribution in [0.25, 0.3) is 0 Å². The summed E-state index contributed by atoms with van der Waals surface area (Å²) in [5, 5.41) is 0. The number of hydrogen-bond donors (Lipinski definition) is 0. The monoisotopic (exact) mass is 1460 g/mol. The lowest BCUT2D eigenvalue weighted by Crippen LogP contribution is -2.30. The third kappa shape index (κ3) is 90.8. The van der Waals surface area contributed by atoms with Gasteiger partial charge in [-0.25, -0.2) is 0 Å². The average Bonchev–Trinajstić information content (AvgIpc) is 0.855.